The van der Waals surface area contributed by atoms with Gasteiger partial charge in [-0.2, -0.15) is 0 Å². The molecular formula is C19H18ClN3O3S2. The van der Waals surface area contributed by atoms with E-state index in [0.717, 1.165) is 15.3 Å². The molecule has 0 spiro atoms. The van der Waals surface area contributed by atoms with Crippen LogP contribution in [-0.4, -0.2) is 37.1 Å². The zero-order chi connectivity index (χ0) is 20.1. The molecule has 0 saturated heterocycles. The Hall–Kier alpha value is -2.26. The van der Waals surface area contributed by atoms with Gasteiger partial charge in [-0.05, 0) is 19.1 Å². The lowest BCUT2D eigenvalue weighted by molar-refractivity contribution is 0.0937. The third-order valence-corrected chi connectivity index (χ3v) is 6.00. The van der Waals surface area contributed by atoms with Crippen molar-refractivity contribution in [3.05, 3.63) is 56.9 Å². The zero-order valence-corrected chi connectivity index (χ0v) is 17.6. The molecule has 0 radical (unpaired) electrons. The summed E-state index contributed by atoms with van der Waals surface area (Å²) in [5.41, 5.74) is 1.88. The predicted molar refractivity (Wildman–Crippen MR) is 114 cm³/mol. The van der Waals surface area contributed by atoms with Crippen LogP contribution in [0.1, 0.15) is 25.6 Å². The number of carbonyl (C=O) groups excluding carboxylic acids is 2. The molecule has 0 aliphatic carbocycles. The molecule has 0 bridgehead atoms. The molecule has 2 amide bonds. The smallest absolute Gasteiger partial charge is 0.258 e. The summed E-state index contributed by atoms with van der Waals surface area (Å²) in [7, 11) is 1.58. The van der Waals surface area contributed by atoms with E-state index in [-0.39, 0.29) is 11.8 Å². The number of anilines is 1. The van der Waals surface area contributed by atoms with Crippen molar-refractivity contribution in [2.75, 3.05) is 25.6 Å². The lowest BCUT2D eigenvalue weighted by Crippen LogP contribution is -2.27. The average Bonchev–Trinajstić information content (AvgIpc) is 3.27. The largest absolute Gasteiger partial charge is 0.383 e. The molecule has 0 aliphatic rings. The van der Waals surface area contributed by atoms with E-state index in [1.54, 1.807) is 19.2 Å². The zero-order valence-electron chi connectivity index (χ0n) is 15.2. The highest BCUT2D eigenvalue weighted by atomic mass is 35.5. The van der Waals surface area contributed by atoms with Crippen molar-refractivity contribution >= 4 is 51.2 Å². The van der Waals surface area contributed by atoms with Crippen molar-refractivity contribution in [1.29, 1.82) is 0 Å². The van der Waals surface area contributed by atoms with Gasteiger partial charge in [0, 0.05) is 34.5 Å². The third-order valence-electron chi connectivity index (χ3n) is 3.89. The Morgan fingerprint density at radius 3 is 2.68 bits per heavy atom. The monoisotopic (exact) mass is 435 g/mol. The standard InChI is InChI=1S/C19H18ClN3O3S2/c1-11-14(18(25)23-19-22-10-16(20)28-19)9-15(27-11)12-5-3-4-6-13(12)17(24)21-7-8-26-2/h3-6,9-10H,7-8H2,1-2H3,(H,21,24)(H,22,23,25). The van der Waals surface area contributed by atoms with E-state index in [2.05, 4.69) is 15.6 Å². The summed E-state index contributed by atoms with van der Waals surface area (Å²) in [6.07, 6.45) is 1.49. The van der Waals surface area contributed by atoms with Gasteiger partial charge in [0.05, 0.1) is 18.4 Å². The fraction of sp³-hybridized carbons (Fsp3) is 0.211. The molecule has 3 rings (SSSR count). The maximum absolute atomic E-state index is 12.6. The lowest BCUT2D eigenvalue weighted by atomic mass is 10.0. The van der Waals surface area contributed by atoms with Gasteiger partial charge in [-0.15, -0.1) is 11.3 Å². The van der Waals surface area contributed by atoms with E-state index >= 15 is 0 Å². The van der Waals surface area contributed by atoms with Crippen LogP contribution < -0.4 is 10.6 Å². The van der Waals surface area contributed by atoms with E-state index in [1.807, 2.05) is 25.1 Å². The molecule has 2 heterocycles. The molecule has 0 aliphatic heterocycles. The molecule has 0 atom stereocenters. The second kappa shape index (κ2) is 9.29. The van der Waals surface area contributed by atoms with Crippen LogP contribution in [0, 0.1) is 6.92 Å². The van der Waals surface area contributed by atoms with Crippen molar-refractivity contribution in [1.82, 2.24) is 10.3 Å². The minimum absolute atomic E-state index is 0.179. The number of benzene rings is 1. The minimum Gasteiger partial charge on any atom is -0.383 e. The van der Waals surface area contributed by atoms with E-state index in [9.17, 15) is 9.59 Å². The Bertz CT molecular complexity index is 1000. The molecule has 2 aromatic heterocycles. The van der Waals surface area contributed by atoms with Gasteiger partial charge in [0.2, 0.25) is 0 Å². The van der Waals surface area contributed by atoms with Crippen LogP contribution in [-0.2, 0) is 4.74 Å². The van der Waals surface area contributed by atoms with E-state index < -0.39 is 0 Å². The van der Waals surface area contributed by atoms with Gasteiger partial charge in [0.1, 0.15) is 4.34 Å². The Kier molecular flexibility index (Phi) is 6.79. The molecule has 2 N–H and O–H groups in total. The quantitative estimate of drug-likeness (QED) is 0.537. The number of nitrogens with zero attached hydrogens (tertiary/aromatic N) is 1. The van der Waals surface area contributed by atoms with Gasteiger partial charge in [0.25, 0.3) is 11.8 Å². The van der Waals surface area contributed by atoms with Gasteiger partial charge in [-0.1, -0.05) is 41.1 Å². The van der Waals surface area contributed by atoms with Crippen LogP contribution in [0.15, 0.2) is 36.5 Å². The Morgan fingerprint density at radius 1 is 1.18 bits per heavy atom. The van der Waals surface area contributed by atoms with Gasteiger partial charge < -0.3 is 10.1 Å². The third kappa shape index (κ3) is 4.77. The summed E-state index contributed by atoms with van der Waals surface area (Å²) >= 11 is 8.52. The van der Waals surface area contributed by atoms with Crippen LogP contribution in [0.3, 0.4) is 0 Å². The first-order valence-corrected chi connectivity index (χ1v) is 10.4. The van der Waals surface area contributed by atoms with Gasteiger partial charge >= 0.3 is 0 Å². The summed E-state index contributed by atoms with van der Waals surface area (Å²) < 4.78 is 5.48. The van der Waals surface area contributed by atoms with Gasteiger partial charge in [-0.3, -0.25) is 14.9 Å². The minimum atomic E-state index is -0.256. The molecule has 0 unspecified atom stereocenters. The molecule has 0 fully saturated rings. The lowest BCUT2D eigenvalue weighted by Gasteiger charge is -2.08. The van der Waals surface area contributed by atoms with Crippen LogP contribution in [0.2, 0.25) is 4.34 Å². The Labute approximate surface area is 175 Å². The highest BCUT2D eigenvalue weighted by Crippen LogP contribution is 2.34. The molecule has 146 valence electrons. The SMILES string of the molecule is COCCNC(=O)c1ccccc1-c1cc(C(=O)Nc2ncc(Cl)s2)c(C)s1. The van der Waals surface area contributed by atoms with Crippen LogP contribution >= 0.6 is 34.3 Å². The first-order chi connectivity index (χ1) is 13.5. The number of hydrogen-bond acceptors (Lipinski definition) is 6. The van der Waals surface area contributed by atoms with Gasteiger partial charge in [0.15, 0.2) is 5.13 Å². The number of aryl methyl sites for hydroxylation is 1. The van der Waals surface area contributed by atoms with E-state index in [0.29, 0.717) is 33.7 Å². The normalized spacial score (nSPS) is 10.7. The summed E-state index contributed by atoms with van der Waals surface area (Å²) in [5, 5.41) is 6.03. The number of nitrogens with one attached hydrogen (secondary N) is 2. The maximum Gasteiger partial charge on any atom is 0.258 e. The van der Waals surface area contributed by atoms with Gasteiger partial charge in [-0.25, -0.2) is 4.98 Å². The number of methoxy groups -OCH3 is 1. The van der Waals surface area contributed by atoms with Crippen molar-refractivity contribution in [2.45, 2.75) is 6.92 Å². The van der Waals surface area contributed by atoms with E-state index in [4.69, 9.17) is 16.3 Å². The number of hydrogen-bond donors (Lipinski definition) is 2. The molecular weight excluding hydrogens is 418 g/mol. The Balaban J connectivity index is 1.84. The summed E-state index contributed by atoms with van der Waals surface area (Å²) in [5.74, 6) is -0.435. The predicted octanol–water partition coefficient (Wildman–Crippen LogP) is 4.46. The molecule has 9 heteroatoms. The highest BCUT2D eigenvalue weighted by molar-refractivity contribution is 7.19. The first-order valence-electron chi connectivity index (χ1n) is 8.39. The number of thiophene rings is 1. The highest BCUT2D eigenvalue weighted by Gasteiger charge is 2.19. The average molecular weight is 436 g/mol. The number of aromatic nitrogens is 1. The summed E-state index contributed by atoms with van der Waals surface area (Å²) in [6.45, 7) is 2.74. The van der Waals surface area contributed by atoms with Crippen molar-refractivity contribution in [2.24, 2.45) is 0 Å². The number of halogens is 1. The van der Waals surface area contributed by atoms with Crippen LogP contribution in [0.25, 0.3) is 10.4 Å². The topological polar surface area (TPSA) is 80.3 Å². The second-order valence-corrected chi connectivity index (χ2v) is 8.72. The molecule has 3 aromatic rings. The van der Waals surface area contributed by atoms with Crippen molar-refractivity contribution in [3.8, 4) is 10.4 Å². The fourth-order valence-electron chi connectivity index (χ4n) is 2.57. The van der Waals surface area contributed by atoms with Crippen LogP contribution in [0.5, 0.6) is 0 Å². The number of rotatable bonds is 7. The summed E-state index contributed by atoms with van der Waals surface area (Å²) in [6, 6.07) is 9.12. The molecule has 28 heavy (non-hydrogen) atoms. The fourth-order valence-corrected chi connectivity index (χ4v) is 4.44. The van der Waals surface area contributed by atoms with Crippen molar-refractivity contribution < 1.29 is 14.3 Å². The maximum atomic E-state index is 12.6. The Morgan fingerprint density at radius 2 is 1.96 bits per heavy atom. The van der Waals surface area contributed by atoms with E-state index in [1.165, 1.54) is 28.9 Å². The van der Waals surface area contributed by atoms with Crippen molar-refractivity contribution in [3.63, 3.8) is 0 Å². The first kappa shape index (κ1) is 20.5. The number of ether oxygens (including phenoxy) is 1. The number of carbonyl (C=O) groups is 2. The number of thiazole rings is 1. The second-order valence-electron chi connectivity index (χ2n) is 5.80. The molecule has 1 aromatic carbocycles. The molecule has 6 nitrogen and oxygen atoms in total. The number of amides is 2. The molecule has 0 saturated carbocycles. The van der Waals surface area contributed by atoms with Crippen LogP contribution in [0.4, 0.5) is 5.13 Å². The summed E-state index contributed by atoms with van der Waals surface area (Å²) in [4.78, 5) is 30.9.